The second-order valence-corrected chi connectivity index (χ2v) is 11.9. The fourth-order valence-electron chi connectivity index (χ4n) is 7.05. The van der Waals surface area contributed by atoms with Crippen LogP contribution >= 0.6 is 0 Å². The van der Waals surface area contributed by atoms with E-state index in [1.807, 2.05) is 30.4 Å². The van der Waals surface area contributed by atoms with Crippen molar-refractivity contribution in [3.63, 3.8) is 0 Å². The van der Waals surface area contributed by atoms with Gasteiger partial charge in [-0.15, -0.1) is 5.47 Å². The van der Waals surface area contributed by atoms with Gasteiger partial charge in [0.05, 0.1) is 0 Å². The zero-order valence-electron chi connectivity index (χ0n) is 26.0. The summed E-state index contributed by atoms with van der Waals surface area (Å²) in [4.78, 5) is 2.87. The number of allylic oxidation sites excluding steroid dienone is 15. The Bertz CT molecular complexity index is 1080. The van der Waals surface area contributed by atoms with Crippen LogP contribution in [0.4, 0.5) is 0 Å². The van der Waals surface area contributed by atoms with E-state index in [2.05, 4.69) is 94.1 Å². The molecule has 2 fully saturated rings. The molecule has 0 spiro atoms. The summed E-state index contributed by atoms with van der Waals surface area (Å²) in [6.45, 7) is 22.7. The first-order valence-corrected chi connectivity index (χ1v) is 16.0. The summed E-state index contributed by atoms with van der Waals surface area (Å²) in [6, 6.07) is 1.18. The van der Waals surface area contributed by atoms with Crippen LogP contribution in [0.2, 0.25) is 0 Å². The monoisotopic (exact) mass is 549 g/mol. The number of nitrogens with zero attached hydrogens (tertiary/aromatic N) is 1. The zero-order valence-corrected chi connectivity index (χ0v) is 26.0. The van der Waals surface area contributed by atoms with Crippen LogP contribution in [0.5, 0.6) is 0 Å². The van der Waals surface area contributed by atoms with Gasteiger partial charge in [0.25, 0.3) is 0 Å². The summed E-state index contributed by atoms with van der Waals surface area (Å²) in [5.74, 6) is 0.922. The summed E-state index contributed by atoms with van der Waals surface area (Å²) in [5.41, 5.74) is 6.60. The lowest BCUT2D eigenvalue weighted by Gasteiger charge is -2.44. The first-order chi connectivity index (χ1) is 20.1. The van der Waals surface area contributed by atoms with Gasteiger partial charge >= 0.3 is 0 Å². The van der Waals surface area contributed by atoms with Crippen molar-refractivity contribution < 1.29 is 0 Å². The van der Waals surface area contributed by atoms with Crippen LogP contribution in [-0.2, 0) is 0 Å². The minimum Gasteiger partial charge on any atom is -0.383 e. The Kier molecular flexibility index (Phi) is 14.3. The minimum atomic E-state index is 0.353. The molecule has 0 amide bonds. The molecule has 1 aliphatic carbocycles. The first-order valence-electron chi connectivity index (χ1n) is 16.0. The third-order valence-electron chi connectivity index (χ3n) is 9.13. The molecule has 41 heavy (non-hydrogen) atoms. The Morgan fingerprint density at radius 1 is 0.829 bits per heavy atom. The molecule has 0 aromatic heterocycles. The van der Waals surface area contributed by atoms with Crippen molar-refractivity contribution in [2.45, 2.75) is 90.1 Å². The topological polar surface area (TPSA) is 15.3 Å². The van der Waals surface area contributed by atoms with Crippen LogP contribution in [0.25, 0.3) is 0 Å². The lowest BCUT2D eigenvalue weighted by Crippen LogP contribution is -2.46. The van der Waals surface area contributed by atoms with Gasteiger partial charge < -0.3 is 10.2 Å². The number of hydrogen-bond acceptors (Lipinski definition) is 2. The maximum absolute atomic E-state index is 4.18. The van der Waals surface area contributed by atoms with Gasteiger partial charge in [-0.25, -0.2) is 0 Å². The first kappa shape index (κ1) is 32.7. The summed E-state index contributed by atoms with van der Waals surface area (Å²) < 4.78 is 0. The Hall–Kier alpha value is -2.78. The van der Waals surface area contributed by atoms with Crippen molar-refractivity contribution in [2.75, 3.05) is 13.1 Å². The lowest BCUT2D eigenvalue weighted by atomic mass is 9.52. The highest BCUT2D eigenvalue weighted by Gasteiger charge is 2.36. The molecule has 3 rings (SSSR count). The van der Waals surface area contributed by atoms with Gasteiger partial charge in [0.2, 0.25) is 0 Å². The smallest absolute Gasteiger partial charge is 0.186 e. The van der Waals surface area contributed by atoms with Crippen molar-refractivity contribution in [1.82, 2.24) is 10.2 Å². The molecule has 2 nitrogen and oxygen atoms in total. The third-order valence-corrected chi connectivity index (χ3v) is 9.13. The molecule has 0 bridgehead atoms. The van der Waals surface area contributed by atoms with Gasteiger partial charge in [-0.3, -0.25) is 0 Å². The Balaban J connectivity index is 1.84. The van der Waals surface area contributed by atoms with E-state index < -0.39 is 0 Å². The van der Waals surface area contributed by atoms with Crippen LogP contribution in [0.3, 0.4) is 0 Å². The summed E-state index contributed by atoms with van der Waals surface area (Å²) >= 11 is 0. The van der Waals surface area contributed by atoms with Crippen molar-refractivity contribution >= 4 is 7.28 Å². The average Bonchev–Trinajstić information content (AvgIpc) is 3.00. The van der Waals surface area contributed by atoms with Crippen molar-refractivity contribution in [2.24, 2.45) is 11.8 Å². The molecule has 4 unspecified atom stereocenters. The highest BCUT2D eigenvalue weighted by atomic mass is 15.2. The molecule has 0 aromatic carbocycles. The lowest BCUT2D eigenvalue weighted by molar-refractivity contribution is 0.0937. The van der Waals surface area contributed by atoms with E-state index in [0.717, 1.165) is 6.54 Å². The second kappa shape index (κ2) is 17.9. The molecule has 1 saturated carbocycles. The Labute approximate surface area is 253 Å². The van der Waals surface area contributed by atoms with Crippen molar-refractivity contribution in [1.29, 1.82) is 0 Å². The highest BCUT2D eigenvalue weighted by molar-refractivity contribution is 6.55. The van der Waals surface area contributed by atoms with Crippen LogP contribution in [0.1, 0.15) is 78.1 Å². The van der Waals surface area contributed by atoms with Crippen LogP contribution in [0, 0.1) is 11.8 Å². The third kappa shape index (κ3) is 9.64. The van der Waals surface area contributed by atoms with E-state index >= 15 is 0 Å². The fraction of sp³-hybridized carbons (Fsp3) is 0.474. The number of rotatable bonds is 11. The minimum absolute atomic E-state index is 0.353. The molecule has 2 aliphatic heterocycles. The van der Waals surface area contributed by atoms with Gasteiger partial charge in [0.15, 0.2) is 7.28 Å². The Morgan fingerprint density at radius 2 is 1.54 bits per heavy atom. The molecule has 0 aromatic rings. The molecule has 1 radical (unpaired) electrons. The predicted molar refractivity (Wildman–Crippen MR) is 183 cm³/mol. The van der Waals surface area contributed by atoms with Crippen LogP contribution in [-0.4, -0.2) is 37.4 Å². The van der Waals surface area contributed by atoms with E-state index in [-0.39, 0.29) is 0 Å². The molecule has 219 valence electrons. The molecule has 1 saturated heterocycles. The highest BCUT2D eigenvalue weighted by Crippen LogP contribution is 2.42. The molecule has 2 heterocycles. The van der Waals surface area contributed by atoms with Gasteiger partial charge in [-0.1, -0.05) is 131 Å². The Morgan fingerprint density at radius 3 is 2.22 bits per heavy atom. The summed E-state index contributed by atoms with van der Waals surface area (Å²) in [7, 11) is 2.30. The average molecular weight is 550 g/mol. The standard InChI is InChI=1S/C38H54BN2/c1-7-12-21-32(10-4)40-33-22-17-15-16-18-23-34(27-26-33)41-28-19-20-31(29-41)38-35(24-13-8-2)30(6)39-37(11-5)36(38)25-14-9-3/h7-14,21,24-25,31,33-34,38,40H,1-3,5,15-20,22-23,26-29H2,4,6H3/b21-12-,24-13-,25-14-,32-10+. The normalized spacial score (nSPS) is 27.7. The molecular weight excluding hydrogens is 495 g/mol. The molecule has 1 N–H and O–H groups in total. The van der Waals surface area contributed by atoms with E-state index in [0.29, 0.717) is 23.9 Å². The number of hydrogen-bond donors (Lipinski definition) is 1. The maximum Gasteiger partial charge on any atom is 0.186 e. The van der Waals surface area contributed by atoms with Crippen molar-refractivity contribution in [3.8, 4) is 0 Å². The molecule has 3 aliphatic rings. The quantitative estimate of drug-likeness (QED) is 0.204. The number of likely N-dealkylation sites (tertiary alicyclic amines) is 1. The zero-order chi connectivity index (χ0) is 29.5. The van der Waals surface area contributed by atoms with Gasteiger partial charge in [-0.2, -0.15) is 0 Å². The van der Waals surface area contributed by atoms with Crippen molar-refractivity contribution in [3.05, 3.63) is 121 Å². The summed E-state index contributed by atoms with van der Waals surface area (Å²) in [5, 5.41) is 3.86. The molecule has 4 atom stereocenters. The molecular formula is C38H54BN2. The van der Waals surface area contributed by atoms with E-state index in [1.54, 1.807) is 0 Å². The van der Waals surface area contributed by atoms with Gasteiger partial charge in [0, 0.05) is 30.2 Å². The van der Waals surface area contributed by atoms with Gasteiger partial charge in [0.1, 0.15) is 0 Å². The number of nitrogens with one attached hydrogen (secondary N) is 1. The van der Waals surface area contributed by atoms with E-state index in [1.165, 1.54) is 98.5 Å². The largest absolute Gasteiger partial charge is 0.383 e. The fourth-order valence-corrected chi connectivity index (χ4v) is 7.05. The van der Waals surface area contributed by atoms with Crippen LogP contribution < -0.4 is 5.32 Å². The van der Waals surface area contributed by atoms with Crippen LogP contribution in [0.15, 0.2) is 121 Å². The number of piperidine rings is 1. The van der Waals surface area contributed by atoms with Gasteiger partial charge in [-0.05, 0) is 69.6 Å². The summed E-state index contributed by atoms with van der Waals surface area (Å²) in [6.07, 6.45) is 35.8. The van der Waals surface area contributed by atoms with E-state index in [4.69, 9.17) is 0 Å². The predicted octanol–water partition coefficient (Wildman–Crippen LogP) is 9.34. The second-order valence-electron chi connectivity index (χ2n) is 11.9. The van der Waals surface area contributed by atoms with E-state index in [9.17, 15) is 0 Å². The maximum atomic E-state index is 4.18. The SMILES string of the molecule is C=C/C=C\C1=C(C)[B]C(C=C)=C(/C=C\C=C)C1C1CCCN(C2CCCCCCC(NC(/C=C\C=C)=C/C)CC2)C1. The molecule has 3 heteroatoms.